The molecule has 0 radical (unpaired) electrons. The molecule has 2 aromatic carbocycles. The molecule has 0 saturated carbocycles. The molecule has 0 aliphatic heterocycles. The van der Waals surface area contributed by atoms with Crippen molar-refractivity contribution >= 4 is 38.9 Å². The number of rotatable bonds is 8. The van der Waals surface area contributed by atoms with Crippen molar-refractivity contribution in [2.24, 2.45) is 0 Å². The van der Waals surface area contributed by atoms with Crippen molar-refractivity contribution in [3.05, 3.63) is 70.6 Å². The molecule has 0 spiro atoms. The average Bonchev–Trinajstić information content (AvgIpc) is 3.27. The molecule has 0 amide bonds. The van der Waals surface area contributed by atoms with Crippen molar-refractivity contribution in [3.63, 3.8) is 0 Å². The summed E-state index contributed by atoms with van der Waals surface area (Å²) in [7, 11) is 4.79. The Morgan fingerprint density at radius 1 is 0.967 bits per heavy atom. The van der Waals surface area contributed by atoms with E-state index in [4.69, 9.17) is 30.8 Å². The van der Waals surface area contributed by atoms with Crippen LogP contribution in [0.2, 0.25) is 0 Å². The van der Waals surface area contributed by atoms with Crippen LogP contribution in [-0.2, 0) is 13.1 Å². The SMILES string of the molecule is COc1ccc(CN(Cc2ccco2)C(=S)Nc2ccc(Br)cc2)c(OC)c1OC. The Balaban J connectivity index is 1.89. The first-order valence-corrected chi connectivity index (χ1v) is 10.4. The van der Waals surface area contributed by atoms with E-state index in [1.54, 1.807) is 27.6 Å². The zero-order valence-corrected chi connectivity index (χ0v) is 19.4. The van der Waals surface area contributed by atoms with Gasteiger partial charge in [-0.05, 0) is 60.7 Å². The van der Waals surface area contributed by atoms with E-state index in [2.05, 4.69) is 21.2 Å². The minimum atomic E-state index is 0.479. The van der Waals surface area contributed by atoms with Crippen molar-refractivity contribution in [1.29, 1.82) is 0 Å². The van der Waals surface area contributed by atoms with Gasteiger partial charge in [-0.2, -0.15) is 0 Å². The van der Waals surface area contributed by atoms with Crippen molar-refractivity contribution in [2.45, 2.75) is 13.1 Å². The van der Waals surface area contributed by atoms with Gasteiger partial charge in [-0.3, -0.25) is 0 Å². The van der Waals surface area contributed by atoms with Crippen molar-refractivity contribution in [1.82, 2.24) is 4.90 Å². The number of ether oxygens (including phenoxy) is 3. The Bertz CT molecular complexity index is 978. The van der Waals surface area contributed by atoms with E-state index in [1.165, 1.54) is 0 Å². The predicted molar refractivity (Wildman–Crippen MR) is 124 cm³/mol. The van der Waals surface area contributed by atoms with E-state index < -0.39 is 0 Å². The molecule has 0 unspecified atom stereocenters. The molecule has 0 fully saturated rings. The maximum absolute atomic E-state index is 5.72. The zero-order chi connectivity index (χ0) is 21.5. The molecule has 1 N–H and O–H groups in total. The largest absolute Gasteiger partial charge is 0.493 e. The average molecular weight is 491 g/mol. The molecular formula is C22H23BrN2O4S. The van der Waals surface area contributed by atoms with Crippen LogP contribution >= 0.6 is 28.1 Å². The van der Waals surface area contributed by atoms with Crippen molar-refractivity contribution in [2.75, 3.05) is 26.6 Å². The zero-order valence-electron chi connectivity index (χ0n) is 17.0. The second kappa shape index (κ2) is 10.4. The summed E-state index contributed by atoms with van der Waals surface area (Å²) in [5.41, 5.74) is 1.80. The number of halogens is 1. The third-order valence-electron chi connectivity index (χ3n) is 4.46. The summed E-state index contributed by atoms with van der Waals surface area (Å²) in [4.78, 5) is 2.00. The van der Waals surface area contributed by atoms with Gasteiger partial charge in [-0.25, -0.2) is 0 Å². The lowest BCUT2D eigenvalue weighted by Gasteiger charge is -2.26. The predicted octanol–water partition coefficient (Wildman–Crippen LogP) is 5.47. The standard InChI is InChI=1S/C22H23BrN2O4S/c1-26-19-11-6-15(20(27-2)21(19)28-3)13-25(14-18-5-4-12-29-18)22(30)24-17-9-7-16(23)8-10-17/h4-12H,13-14H2,1-3H3,(H,24,30). The Morgan fingerprint density at radius 3 is 2.30 bits per heavy atom. The molecule has 3 rings (SSSR count). The van der Waals surface area contributed by atoms with Crippen LogP contribution < -0.4 is 19.5 Å². The molecule has 30 heavy (non-hydrogen) atoms. The van der Waals surface area contributed by atoms with Crippen LogP contribution in [0.1, 0.15) is 11.3 Å². The third-order valence-corrected chi connectivity index (χ3v) is 5.35. The van der Waals surface area contributed by atoms with Crippen LogP contribution in [0.4, 0.5) is 5.69 Å². The smallest absolute Gasteiger partial charge is 0.203 e. The van der Waals surface area contributed by atoms with Gasteiger partial charge in [0, 0.05) is 22.3 Å². The quantitative estimate of drug-likeness (QED) is 0.420. The highest BCUT2D eigenvalue weighted by molar-refractivity contribution is 9.10. The molecule has 0 bridgehead atoms. The third kappa shape index (κ3) is 5.25. The van der Waals surface area contributed by atoms with Gasteiger partial charge in [0.05, 0.1) is 34.1 Å². The minimum absolute atomic E-state index is 0.479. The van der Waals surface area contributed by atoms with E-state index >= 15 is 0 Å². The maximum Gasteiger partial charge on any atom is 0.203 e. The molecule has 158 valence electrons. The second-order valence-electron chi connectivity index (χ2n) is 6.37. The first-order chi connectivity index (χ1) is 14.5. The normalized spacial score (nSPS) is 10.4. The van der Waals surface area contributed by atoms with Crippen LogP contribution in [0.15, 0.2) is 63.7 Å². The number of methoxy groups -OCH3 is 3. The number of benzene rings is 2. The number of nitrogens with zero attached hydrogens (tertiary/aromatic N) is 1. The second-order valence-corrected chi connectivity index (χ2v) is 7.67. The van der Waals surface area contributed by atoms with E-state index in [1.807, 2.05) is 53.4 Å². The van der Waals surface area contributed by atoms with E-state index in [9.17, 15) is 0 Å². The van der Waals surface area contributed by atoms with E-state index in [0.29, 0.717) is 35.5 Å². The van der Waals surface area contributed by atoms with E-state index in [-0.39, 0.29) is 0 Å². The number of hydrogen-bond donors (Lipinski definition) is 1. The van der Waals surface area contributed by atoms with Gasteiger partial charge in [0.2, 0.25) is 5.75 Å². The summed E-state index contributed by atoms with van der Waals surface area (Å²) in [6.45, 7) is 0.972. The molecule has 8 heteroatoms. The molecule has 0 aliphatic carbocycles. The van der Waals surface area contributed by atoms with Crippen LogP contribution in [-0.4, -0.2) is 31.3 Å². The van der Waals surface area contributed by atoms with Crippen LogP contribution in [0.25, 0.3) is 0 Å². The van der Waals surface area contributed by atoms with Gasteiger partial charge in [0.1, 0.15) is 5.76 Å². The molecule has 0 atom stereocenters. The van der Waals surface area contributed by atoms with Gasteiger partial charge < -0.3 is 28.8 Å². The van der Waals surface area contributed by atoms with Gasteiger partial charge in [-0.1, -0.05) is 15.9 Å². The summed E-state index contributed by atoms with van der Waals surface area (Å²) in [5.74, 6) is 2.55. The van der Waals surface area contributed by atoms with Crippen molar-refractivity contribution in [3.8, 4) is 17.2 Å². The monoisotopic (exact) mass is 490 g/mol. The molecule has 1 heterocycles. The summed E-state index contributed by atoms with van der Waals surface area (Å²) in [5, 5.41) is 3.85. The molecular weight excluding hydrogens is 468 g/mol. The molecule has 3 aromatic rings. The first-order valence-electron chi connectivity index (χ1n) is 9.17. The Labute approximate surface area is 189 Å². The van der Waals surface area contributed by atoms with Crippen LogP contribution in [0.3, 0.4) is 0 Å². The highest BCUT2D eigenvalue weighted by atomic mass is 79.9. The number of furan rings is 1. The van der Waals surface area contributed by atoms with E-state index in [0.717, 1.165) is 21.5 Å². The lowest BCUT2D eigenvalue weighted by atomic mass is 10.1. The fourth-order valence-corrected chi connectivity index (χ4v) is 3.53. The molecule has 0 saturated heterocycles. The number of thiocarbonyl (C=S) groups is 1. The van der Waals surface area contributed by atoms with Crippen LogP contribution in [0, 0.1) is 0 Å². The Hall–Kier alpha value is -2.71. The van der Waals surface area contributed by atoms with Crippen molar-refractivity contribution < 1.29 is 18.6 Å². The highest BCUT2D eigenvalue weighted by Gasteiger charge is 2.20. The summed E-state index contributed by atoms with van der Waals surface area (Å²) >= 11 is 9.16. The lowest BCUT2D eigenvalue weighted by molar-refractivity contribution is 0.313. The maximum atomic E-state index is 5.72. The minimum Gasteiger partial charge on any atom is -0.493 e. The van der Waals surface area contributed by atoms with Gasteiger partial charge in [0.25, 0.3) is 0 Å². The summed E-state index contributed by atoms with van der Waals surface area (Å²) in [6.07, 6.45) is 1.65. The molecule has 6 nitrogen and oxygen atoms in total. The van der Waals surface area contributed by atoms with Gasteiger partial charge in [-0.15, -0.1) is 0 Å². The fourth-order valence-electron chi connectivity index (χ4n) is 3.02. The van der Waals surface area contributed by atoms with Gasteiger partial charge >= 0.3 is 0 Å². The fraction of sp³-hybridized carbons (Fsp3) is 0.227. The summed E-state index contributed by atoms with van der Waals surface area (Å²) in [6, 6.07) is 15.4. The number of anilines is 1. The summed E-state index contributed by atoms with van der Waals surface area (Å²) < 4.78 is 23.1. The Morgan fingerprint density at radius 2 is 1.70 bits per heavy atom. The highest BCUT2D eigenvalue weighted by Crippen LogP contribution is 2.40. The lowest BCUT2D eigenvalue weighted by Crippen LogP contribution is -2.33. The number of hydrogen-bond acceptors (Lipinski definition) is 5. The first kappa shape index (κ1) is 22.0. The molecule has 1 aromatic heterocycles. The van der Waals surface area contributed by atoms with Gasteiger partial charge in [0.15, 0.2) is 16.6 Å². The Kier molecular flexibility index (Phi) is 7.59. The van der Waals surface area contributed by atoms with Crippen LogP contribution in [0.5, 0.6) is 17.2 Å². The topological polar surface area (TPSA) is 56.1 Å². The number of nitrogens with one attached hydrogen (secondary N) is 1. The molecule has 0 aliphatic rings.